The van der Waals surface area contributed by atoms with Gasteiger partial charge in [0.2, 0.25) is 5.43 Å². The average molecular weight is 348 g/mol. The van der Waals surface area contributed by atoms with E-state index in [0.717, 1.165) is 25.7 Å². The fraction of sp³-hybridized carbons (Fsp3) is 0.471. The van der Waals surface area contributed by atoms with Gasteiger partial charge in [0.05, 0.1) is 5.39 Å². The summed E-state index contributed by atoms with van der Waals surface area (Å²) in [6, 6.07) is 1.12. The number of rotatable bonds is 4. The minimum atomic E-state index is -1.32. The van der Waals surface area contributed by atoms with Crippen LogP contribution in [-0.4, -0.2) is 58.3 Å². The lowest BCUT2D eigenvalue weighted by Gasteiger charge is -2.35. The molecule has 1 aliphatic rings. The smallest absolute Gasteiger partial charge is 0.341 e. The molecule has 7 nitrogen and oxygen atoms in total. The van der Waals surface area contributed by atoms with Crippen LogP contribution in [-0.2, 0) is 6.54 Å². The molecule has 1 aliphatic heterocycles. The number of likely N-dealkylation sites (N-methyl/N-ethyl adjacent to an activating group) is 1. The molecule has 2 aromatic heterocycles. The summed E-state index contributed by atoms with van der Waals surface area (Å²) in [6.07, 6.45) is 1.27. The van der Waals surface area contributed by atoms with Crippen molar-refractivity contribution < 1.29 is 14.3 Å². The monoisotopic (exact) mass is 348 g/mol. The van der Waals surface area contributed by atoms with Crippen molar-refractivity contribution in [2.75, 3.05) is 37.6 Å². The summed E-state index contributed by atoms with van der Waals surface area (Å²) < 4.78 is 16.2. The highest BCUT2D eigenvalue weighted by atomic mass is 19.1. The lowest BCUT2D eigenvalue weighted by atomic mass is 10.2. The SMILES string of the molecule is CCN1CCN(c2nc3c(cc2F)c(=O)c(C(=O)O)cn3CC)CC1. The highest BCUT2D eigenvalue weighted by molar-refractivity contribution is 5.92. The summed E-state index contributed by atoms with van der Waals surface area (Å²) in [4.78, 5) is 32.1. The van der Waals surface area contributed by atoms with Crippen molar-refractivity contribution in [1.82, 2.24) is 14.5 Å². The first-order chi connectivity index (χ1) is 12.0. The van der Waals surface area contributed by atoms with E-state index in [1.807, 2.05) is 11.8 Å². The van der Waals surface area contributed by atoms with Crippen LogP contribution in [0.5, 0.6) is 0 Å². The number of halogens is 1. The zero-order chi connectivity index (χ0) is 18.1. The van der Waals surface area contributed by atoms with E-state index in [4.69, 9.17) is 0 Å². The molecule has 2 aromatic rings. The minimum Gasteiger partial charge on any atom is -0.477 e. The maximum absolute atomic E-state index is 14.6. The van der Waals surface area contributed by atoms with E-state index < -0.39 is 17.2 Å². The second-order valence-corrected chi connectivity index (χ2v) is 6.05. The Morgan fingerprint density at radius 3 is 2.48 bits per heavy atom. The lowest BCUT2D eigenvalue weighted by Crippen LogP contribution is -2.46. The van der Waals surface area contributed by atoms with Gasteiger partial charge in [-0.05, 0) is 19.5 Å². The average Bonchev–Trinajstić information content (AvgIpc) is 2.62. The number of anilines is 1. The van der Waals surface area contributed by atoms with Crippen LogP contribution >= 0.6 is 0 Å². The zero-order valence-electron chi connectivity index (χ0n) is 14.3. The number of carbonyl (C=O) groups is 1. The van der Waals surface area contributed by atoms with Gasteiger partial charge in [0.25, 0.3) is 0 Å². The van der Waals surface area contributed by atoms with E-state index in [0.29, 0.717) is 25.3 Å². The van der Waals surface area contributed by atoms with Crippen LogP contribution in [0.2, 0.25) is 0 Å². The molecule has 1 fully saturated rings. The standard InChI is InChI=1S/C17H21FN4O3/c1-3-20-5-7-22(8-6-20)16-13(18)9-11-14(23)12(17(24)25)10-21(4-2)15(11)19-16/h9-10H,3-8H2,1-2H3,(H,24,25). The molecule has 0 bridgehead atoms. The molecule has 0 radical (unpaired) electrons. The van der Waals surface area contributed by atoms with Gasteiger partial charge in [-0.2, -0.15) is 0 Å². The van der Waals surface area contributed by atoms with E-state index in [1.54, 1.807) is 4.57 Å². The van der Waals surface area contributed by atoms with Crippen molar-refractivity contribution in [1.29, 1.82) is 0 Å². The summed E-state index contributed by atoms with van der Waals surface area (Å²) in [7, 11) is 0. The Kier molecular flexibility index (Phi) is 4.71. The maximum atomic E-state index is 14.6. The number of pyridine rings is 2. The Bertz CT molecular complexity index is 872. The van der Waals surface area contributed by atoms with Crippen LogP contribution in [0.3, 0.4) is 0 Å². The van der Waals surface area contributed by atoms with Gasteiger partial charge in [0.1, 0.15) is 11.2 Å². The van der Waals surface area contributed by atoms with Crippen LogP contribution in [0.15, 0.2) is 17.1 Å². The maximum Gasteiger partial charge on any atom is 0.341 e. The third-order valence-corrected chi connectivity index (χ3v) is 4.67. The van der Waals surface area contributed by atoms with Crippen LogP contribution in [0.4, 0.5) is 10.2 Å². The van der Waals surface area contributed by atoms with Gasteiger partial charge in [-0.1, -0.05) is 6.92 Å². The molecule has 0 atom stereocenters. The van der Waals surface area contributed by atoms with E-state index in [2.05, 4.69) is 16.8 Å². The molecule has 3 rings (SSSR count). The van der Waals surface area contributed by atoms with Crippen LogP contribution in [0, 0.1) is 5.82 Å². The number of piperazine rings is 1. The van der Waals surface area contributed by atoms with Crippen LogP contribution in [0.25, 0.3) is 11.0 Å². The van der Waals surface area contributed by atoms with Gasteiger partial charge in [0, 0.05) is 38.9 Å². The van der Waals surface area contributed by atoms with Crippen molar-refractivity contribution in [2.45, 2.75) is 20.4 Å². The second-order valence-electron chi connectivity index (χ2n) is 6.05. The highest BCUT2D eigenvalue weighted by Gasteiger charge is 2.23. The van der Waals surface area contributed by atoms with Crippen molar-refractivity contribution in [3.63, 3.8) is 0 Å². The van der Waals surface area contributed by atoms with Gasteiger partial charge >= 0.3 is 5.97 Å². The Morgan fingerprint density at radius 2 is 1.92 bits per heavy atom. The number of hydrogen-bond acceptors (Lipinski definition) is 5. The summed E-state index contributed by atoms with van der Waals surface area (Å²) in [6.45, 7) is 8.26. The topological polar surface area (TPSA) is 78.7 Å². The third-order valence-electron chi connectivity index (χ3n) is 4.67. The first kappa shape index (κ1) is 17.3. The molecule has 0 aliphatic carbocycles. The summed E-state index contributed by atoms with van der Waals surface area (Å²) in [5, 5.41) is 9.18. The van der Waals surface area contributed by atoms with Crippen molar-refractivity contribution in [3.05, 3.63) is 33.9 Å². The summed E-state index contributed by atoms with van der Waals surface area (Å²) in [5.41, 5.74) is -0.771. The Morgan fingerprint density at radius 1 is 1.24 bits per heavy atom. The van der Waals surface area contributed by atoms with E-state index >= 15 is 0 Å². The first-order valence-corrected chi connectivity index (χ1v) is 8.40. The predicted molar refractivity (Wildman–Crippen MR) is 92.9 cm³/mol. The molecule has 134 valence electrons. The molecule has 3 heterocycles. The first-order valence-electron chi connectivity index (χ1n) is 8.40. The molecular weight excluding hydrogens is 327 g/mol. The van der Waals surface area contributed by atoms with Crippen molar-refractivity contribution >= 4 is 22.8 Å². The number of aromatic nitrogens is 2. The molecule has 0 aromatic carbocycles. The number of carboxylic acid groups (broad SMARTS) is 1. The molecule has 0 spiro atoms. The molecular formula is C17H21FN4O3. The van der Waals surface area contributed by atoms with Gasteiger partial charge in [-0.25, -0.2) is 14.2 Å². The number of aromatic carboxylic acids is 1. The molecule has 1 N–H and O–H groups in total. The van der Waals surface area contributed by atoms with Gasteiger partial charge in [-0.15, -0.1) is 0 Å². The molecule has 0 amide bonds. The Labute approximate surface area is 144 Å². The van der Waals surface area contributed by atoms with Crippen LogP contribution in [0.1, 0.15) is 24.2 Å². The minimum absolute atomic E-state index is 0.00445. The highest BCUT2D eigenvalue weighted by Crippen LogP contribution is 2.22. The second kappa shape index (κ2) is 6.79. The summed E-state index contributed by atoms with van der Waals surface area (Å²) >= 11 is 0. The van der Waals surface area contributed by atoms with Crippen LogP contribution < -0.4 is 10.3 Å². The van der Waals surface area contributed by atoms with Gasteiger partial charge in [-0.3, -0.25) is 4.79 Å². The summed E-state index contributed by atoms with van der Waals surface area (Å²) in [5.74, 6) is -1.71. The molecule has 0 saturated carbocycles. The zero-order valence-corrected chi connectivity index (χ0v) is 14.3. The van der Waals surface area contributed by atoms with E-state index in [-0.39, 0.29) is 16.8 Å². The third kappa shape index (κ3) is 3.09. The predicted octanol–water partition coefficient (Wildman–Crippen LogP) is 1.40. The normalized spacial score (nSPS) is 15.7. The number of aryl methyl sites for hydroxylation is 1. The van der Waals surface area contributed by atoms with Gasteiger partial charge in [0.15, 0.2) is 11.6 Å². The van der Waals surface area contributed by atoms with Crippen molar-refractivity contribution in [3.8, 4) is 0 Å². The molecule has 25 heavy (non-hydrogen) atoms. The molecule has 1 saturated heterocycles. The van der Waals surface area contributed by atoms with Crippen molar-refractivity contribution in [2.24, 2.45) is 0 Å². The van der Waals surface area contributed by atoms with E-state index in [1.165, 1.54) is 6.20 Å². The van der Waals surface area contributed by atoms with Gasteiger partial charge < -0.3 is 19.5 Å². The quantitative estimate of drug-likeness (QED) is 0.900. The largest absolute Gasteiger partial charge is 0.477 e. The fourth-order valence-corrected chi connectivity index (χ4v) is 3.17. The Hall–Kier alpha value is -2.48. The number of fused-ring (bicyclic) bond motifs is 1. The molecule has 0 unspecified atom stereocenters. The van der Waals surface area contributed by atoms with E-state index in [9.17, 15) is 19.1 Å². The fourth-order valence-electron chi connectivity index (χ4n) is 3.17. The lowest BCUT2D eigenvalue weighted by molar-refractivity contribution is 0.0695. The number of carboxylic acids is 1. The molecule has 8 heteroatoms. The number of nitrogens with zero attached hydrogens (tertiary/aromatic N) is 4. The number of hydrogen-bond donors (Lipinski definition) is 1. The Balaban J connectivity index is 2.11.